The van der Waals surface area contributed by atoms with Crippen LogP contribution in [0.2, 0.25) is 0 Å². The minimum Gasteiger partial charge on any atom is -0.480 e. The second kappa shape index (κ2) is 6.45. The van der Waals surface area contributed by atoms with Crippen LogP contribution in [0.5, 0.6) is 0 Å². The number of carboxylic acids is 1. The molecule has 0 aliphatic rings. The highest BCUT2D eigenvalue weighted by Crippen LogP contribution is 2.20. The molecule has 0 aliphatic carbocycles. The average molecular weight is 343 g/mol. The highest BCUT2D eigenvalue weighted by atomic mass is 32.1. The minimum atomic E-state index is -1.06. The Morgan fingerprint density at radius 1 is 1.33 bits per heavy atom. The number of hydrogen-bond donors (Lipinski definition) is 3. The monoisotopic (exact) mass is 343 g/mol. The van der Waals surface area contributed by atoms with Gasteiger partial charge in [-0.1, -0.05) is 18.2 Å². The normalized spacial score (nSPS) is 12.2. The topological polar surface area (TPSA) is 95.1 Å². The van der Waals surface area contributed by atoms with Gasteiger partial charge in [-0.15, -0.1) is 11.3 Å². The molecule has 1 amide bonds. The smallest absolute Gasteiger partial charge is 0.326 e. The molecule has 2 heterocycles. The molecule has 1 atom stereocenters. The van der Waals surface area contributed by atoms with E-state index in [-0.39, 0.29) is 6.42 Å². The van der Waals surface area contributed by atoms with Gasteiger partial charge < -0.3 is 15.4 Å². The first-order valence-electron chi connectivity index (χ1n) is 7.48. The third-order valence-electron chi connectivity index (χ3n) is 3.81. The number of carbonyl (C=O) groups is 2. The summed E-state index contributed by atoms with van der Waals surface area (Å²) in [7, 11) is 0. The number of nitrogens with zero attached hydrogens (tertiary/aromatic N) is 1. The number of aryl methyl sites for hydroxylation is 2. The summed E-state index contributed by atoms with van der Waals surface area (Å²) >= 11 is 1.26. The fraction of sp³-hybridized carbons (Fsp3) is 0.235. The molecule has 1 aromatic carbocycles. The maximum atomic E-state index is 12.4. The van der Waals surface area contributed by atoms with Crippen molar-refractivity contribution >= 4 is 34.1 Å². The lowest BCUT2D eigenvalue weighted by atomic mass is 10.0. The zero-order valence-corrected chi connectivity index (χ0v) is 14.1. The summed E-state index contributed by atoms with van der Waals surface area (Å²) in [4.78, 5) is 31.7. The number of carboxylic acid groups (broad SMARTS) is 1. The van der Waals surface area contributed by atoms with Crippen LogP contribution in [0.1, 0.15) is 25.9 Å². The minimum absolute atomic E-state index is 0.210. The van der Waals surface area contributed by atoms with Crippen molar-refractivity contribution in [2.45, 2.75) is 26.3 Å². The SMILES string of the molecule is Cc1nc(C)c(C(=O)N[C@H](Cc2c[nH]c3ccccc23)C(=O)O)s1. The number of amides is 1. The maximum Gasteiger partial charge on any atom is 0.326 e. The van der Waals surface area contributed by atoms with E-state index in [1.165, 1.54) is 11.3 Å². The van der Waals surface area contributed by atoms with Gasteiger partial charge in [-0.3, -0.25) is 4.79 Å². The third-order valence-corrected chi connectivity index (χ3v) is 4.88. The Kier molecular flexibility index (Phi) is 4.35. The first kappa shape index (κ1) is 16.2. The molecule has 7 heteroatoms. The maximum absolute atomic E-state index is 12.4. The third kappa shape index (κ3) is 3.16. The molecule has 0 aliphatic heterocycles. The van der Waals surface area contributed by atoms with E-state index in [0.717, 1.165) is 21.5 Å². The Balaban J connectivity index is 1.81. The molecule has 124 valence electrons. The molecule has 2 aromatic heterocycles. The number of aromatic nitrogens is 2. The summed E-state index contributed by atoms with van der Waals surface area (Å²) in [5.41, 5.74) is 2.42. The van der Waals surface area contributed by atoms with Crippen LogP contribution in [-0.2, 0) is 11.2 Å². The lowest BCUT2D eigenvalue weighted by molar-refractivity contribution is -0.139. The fourth-order valence-corrected chi connectivity index (χ4v) is 3.51. The van der Waals surface area contributed by atoms with Crippen molar-refractivity contribution in [2.24, 2.45) is 0 Å². The number of nitrogens with one attached hydrogen (secondary N) is 2. The molecule has 3 N–H and O–H groups in total. The van der Waals surface area contributed by atoms with Crippen molar-refractivity contribution in [1.29, 1.82) is 0 Å². The summed E-state index contributed by atoms with van der Waals surface area (Å²) < 4.78 is 0. The number of rotatable bonds is 5. The van der Waals surface area contributed by atoms with Crippen molar-refractivity contribution in [2.75, 3.05) is 0 Å². The van der Waals surface area contributed by atoms with E-state index in [4.69, 9.17) is 0 Å². The average Bonchev–Trinajstić information content (AvgIpc) is 3.09. The van der Waals surface area contributed by atoms with Gasteiger partial charge in [0.2, 0.25) is 0 Å². The Hall–Kier alpha value is -2.67. The molecular formula is C17H17N3O3S. The molecule has 24 heavy (non-hydrogen) atoms. The van der Waals surface area contributed by atoms with Gasteiger partial charge in [0, 0.05) is 23.5 Å². The number of H-pyrrole nitrogens is 1. The molecule has 0 spiro atoms. The number of thiazole rings is 1. The second-order valence-electron chi connectivity index (χ2n) is 5.58. The number of carbonyl (C=O) groups excluding carboxylic acids is 1. The van der Waals surface area contributed by atoms with Gasteiger partial charge in [0.05, 0.1) is 10.7 Å². The van der Waals surface area contributed by atoms with Crippen LogP contribution in [0.3, 0.4) is 0 Å². The lowest BCUT2D eigenvalue weighted by Gasteiger charge is -2.13. The van der Waals surface area contributed by atoms with Gasteiger partial charge in [0.25, 0.3) is 5.91 Å². The van der Waals surface area contributed by atoms with Crippen LogP contribution in [0.15, 0.2) is 30.5 Å². The van der Waals surface area contributed by atoms with E-state index >= 15 is 0 Å². The van der Waals surface area contributed by atoms with Crippen LogP contribution in [0.25, 0.3) is 10.9 Å². The van der Waals surface area contributed by atoms with Gasteiger partial charge in [-0.2, -0.15) is 0 Å². The molecule has 0 radical (unpaired) electrons. The molecule has 0 saturated heterocycles. The van der Waals surface area contributed by atoms with E-state index in [1.807, 2.05) is 31.2 Å². The number of aliphatic carboxylic acids is 1. The summed E-state index contributed by atoms with van der Waals surface area (Å²) in [5.74, 6) is -1.46. The van der Waals surface area contributed by atoms with E-state index in [0.29, 0.717) is 10.6 Å². The van der Waals surface area contributed by atoms with Crippen molar-refractivity contribution < 1.29 is 14.7 Å². The quantitative estimate of drug-likeness (QED) is 0.664. The first-order valence-corrected chi connectivity index (χ1v) is 8.30. The largest absolute Gasteiger partial charge is 0.480 e. The molecular weight excluding hydrogens is 326 g/mol. The summed E-state index contributed by atoms with van der Waals surface area (Å²) in [6, 6.07) is 6.67. The second-order valence-corrected chi connectivity index (χ2v) is 6.78. The molecule has 0 saturated carbocycles. The molecule has 6 nitrogen and oxygen atoms in total. The molecule has 0 fully saturated rings. The Labute approximate surface area is 142 Å². The number of benzene rings is 1. The van der Waals surface area contributed by atoms with E-state index in [2.05, 4.69) is 15.3 Å². The predicted octanol–water partition coefficient (Wildman–Crippen LogP) is 2.67. The van der Waals surface area contributed by atoms with Gasteiger partial charge in [0.15, 0.2) is 0 Å². The molecule has 3 rings (SSSR count). The molecule has 0 unspecified atom stereocenters. The fourth-order valence-electron chi connectivity index (χ4n) is 2.69. The number of fused-ring (bicyclic) bond motifs is 1. The van der Waals surface area contributed by atoms with Gasteiger partial charge in [0.1, 0.15) is 10.9 Å². The van der Waals surface area contributed by atoms with Crippen molar-refractivity contribution in [3.05, 3.63) is 51.6 Å². The van der Waals surface area contributed by atoms with Crippen molar-refractivity contribution in [1.82, 2.24) is 15.3 Å². The van der Waals surface area contributed by atoms with Crippen LogP contribution < -0.4 is 5.32 Å². The van der Waals surface area contributed by atoms with Crippen LogP contribution in [0.4, 0.5) is 0 Å². The van der Waals surface area contributed by atoms with Gasteiger partial charge in [-0.05, 0) is 25.5 Å². The highest BCUT2D eigenvalue weighted by molar-refractivity contribution is 7.13. The lowest BCUT2D eigenvalue weighted by Crippen LogP contribution is -2.42. The number of aromatic amines is 1. The highest BCUT2D eigenvalue weighted by Gasteiger charge is 2.24. The van der Waals surface area contributed by atoms with E-state index in [1.54, 1.807) is 13.1 Å². The van der Waals surface area contributed by atoms with Gasteiger partial charge in [-0.25, -0.2) is 9.78 Å². The Morgan fingerprint density at radius 3 is 2.75 bits per heavy atom. The van der Waals surface area contributed by atoms with E-state index < -0.39 is 17.9 Å². The molecule has 0 bridgehead atoms. The standard InChI is InChI=1S/C17H17N3O3S/c1-9-15(24-10(2)19-9)16(21)20-14(17(22)23)7-11-8-18-13-6-4-3-5-12(11)13/h3-6,8,14,18H,7H2,1-2H3,(H,20,21)(H,22,23)/t14-/m1/s1. The Morgan fingerprint density at radius 2 is 2.08 bits per heavy atom. The predicted molar refractivity (Wildman–Crippen MR) is 92.5 cm³/mol. The summed E-state index contributed by atoms with van der Waals surface area (Å²) in [5, 5.41) is 13.8. The number of hydrogen-bond acceptors (Lipinski definition) is 4. The molecule has 3 aromatic rings. The van der Waals surface area contributed by atoms with E-state index in [9.17, 15) is 14.7 Å². The van der Waals surface area contributed by atoms with Crippen molar-refractivity contribution in [3.8, 4) is 0 Å². The van der Waals surface area contributed by atoms with Crippen LogP contribution in [-0.4, -0.2) is 33.0 Å². The zero-order valence-electron chi connectivity index (χ0n) is 13.3. The van der Waals surface area contributed by atoms with Crippen LogP contribution >= 0.6 is 11.3 Å². The zero-order chi connectivity index (χ0) is 17.3. The summed E-state index contributed by atoms with van der Waals surface area (Å²) in [6.07, 6.45) is 2.00. The first-order chi connectivity index (χ1) is 11.5. The Bertz CT molecular complexity index is 913. The summed E-state index contributed by atoms with van der Waals surface area (Å²) in [6.45, 7) is 3.56. The van der Waals surface area contributed by atoms with Gasteiger partial charge >= 0.3 is 5.97 Å². The number of para-hydroxylation sites is 1. The van der Waals surface area contributed by atoms with Crippen LogP contribution in [0, 0.1) is 13.8 Å². The van der Waals surface area contributed by atoms with Crippen molar-refractivity contribution in [3.63, 3.8) is 0 Å².